The summed E-state index contributed by atoms with van der Waals surface area (Å²) in [7, 11) is 0. The Bertz CT molecular complexity index is 216. The van der Waals surface area contributed by atoms with Gasteiger partial charge in [0.15, 0.2) is 0 Å². The third-order valence-electron chi connectivity index (χ3n) is 2.53. The van der Waals surface area contributed by atoms with Crippen LogP contribution in [0.5, 0.6) is 0 Å². The fourth-order valence-electron chi connectivity index (χ4n) is 0.980. The molecule has 0 saturated heterocycles. The third-order valence-corrected chi connectivity index (χ3v) is 2.53. The highest BCUT2D eigenvalue weighted by molar-refractivity contribution is 5.82. The van der Waals surface area contributed by atoms with Crippen LogP contribution < -0.4 is 11.1 Å². The Hall–Kier alpha value is -1.08. The number of nitrogens with one attached hydrogen (secondary N) is 1. The summed E-state index contributed by atoms with van der Waals surface area (Å²) >= 11 is 0. The predicted molar refractivity (Wildman–Crippen MR) is 55.3 cm³/mol. The van der Waals surface area contributed by atoms with Gasteiger partial charge >= 0.3 is 0 Å². The minimum atomic E-state index is -0.466. The standard InChI is InChI=1S/C10H19N3O/c1-3-10(2,8-12)9(14)13-7-5-4-6-11/h3-5,7-8,12H2,1-2H3,(H,13,14). The molecule has 80 valence electrons. The van der Waals surface area contributed by atoms with E-state index in [9.17, 15) is 4.79 Å². The average molecular weight is 197 g/mol. The summed E-state index contributed by atoms with van der Waals surface area (Å²) in [6, 6.07) is 2.03. The monoisotopic (exact) mass is 197 g/mol. The Kier molecular flexibility index (Phi) is 5.89. The predicted octanol–water partition coefficient (Wildman–Crippen LogP) is 0.781. The topological polar surface area (TPSA) is 78.9 Å². The van der Waals surface area contributed by atoms with Gasteiger partial charge in [0.2, 0.25) is 5.91 Å². The Morgan fingerprint density at radius 1 is 1.64 bits per heavy atom. The molecule has 1 amide bonds. The molecule has 0 aromatic rings. The second-order valence-corrected chi connectivity index (χ2v) is 3.64. The van der Waals surface area contributed by atoms with E-state index >= 15 is 0 Å². The second-order valence-electron chi connectivity index (χ2n) is 3.64. The van der Waals surface area contributed by atoms with E-state index in [2.05, 4.69) is 5.32 Å². The van der Waals surface area contributed by atoms with E-state index in [1.165, 1.54) is 0 Å². The summed E-state index contributed by atoms with van der Waals surface area (Å²) in [5.41, 5.74) is 5.07. The number of nitriles is 1. The van der Waals surface area contributed by atoms with Crippen molar-refractivity contribution >= 4 is 5.91 Å². The van der Waals surface area contributed by atoms with Crippen molar-refractivity contribution < 1.29 is 4.79 Å². The SMILES string of the molecule is CCC(C)(CN)C(=O)NCCCC#N. The number of carbonyl (C=O) groups is 1. The van der Waals surface area contributed by atoms with Crippen LogP contribution in [-0.2, 0) is 4.79 Å². The zero-order chi connectivity index (χ0) is 11.0. The molecule has 4 heteroatoms. The molecule has 0 saturated carbocycles. The van der Waals surface area contributed by atoms with Gasteiger partial charge in [0, 0.05) is 19.5 Å². The highest BCUT2D eigenvalue weighted by atomic mass is 16.2. The minimum Gasteiger partial charge on any atom is -0.356 e. The van der Waals surface area contributed by atoms with E-state index in [0.29, 0.717) is 25.9 Å². The van der Waals surface area contributed by atoms with Crippen LogP contribution in [0, 0.1) is 16.7 Å². The molecular formula is C10H19N3O. The molecule has 0 aliphatic rings. The van der Waals surface area contributed by atoms with Crippen molar-refractivity contribution in [2.75, 3.05) is 13.1 Å². The molecule has 4 nitrogen and oxygen atoms in total. The Morgan fingerprint density at radius 2 is 2.29 bits per heavy atom. The lowest BCUT2D eigenvalue weighted by Gasteiger charge is -2.24. The maximum absolute atomic E-state index is 11.6. The van der Waals surface area contributed by atoms with Crippen LogP contribution in [0.2, 0.25) is 0 Å². The average Bonchev–Trinajstić information content (AvgIpc) is 2.22. The summed E-state index contributed by atoms with van der Waals surface area (Å²) < 4.78 is 0. The van der Waals surface area contributed by atoms with E-state index in [4.69, 9.17) is 11.0 Å². The van der Waals surface area contributed by atoms with Crippen LogP contribution in [0.4, 0.5) is 0 Å². The van der Waals surface area contributed by atoms with Crippen molar-refractivity contribution in [3.05, 3.63) is 0 Å². The maximum atomic E-state index is 11.6. The van der Waals surface area contributed by atoms with Crippen LogP contribution in [0.3, 0.4) is 0 Å². The summed E-state index contributed by atoms with van der Waals surface area (Å²) in [5, 5.41) is 11.1. The van der Waals surface area contributed by atoms with E-state index in [0.717, 1.165) is 6.42 Å². The summed E-state index contributed by atoms with van der Waals surface area (Å²) in [6.45, 7) is 4.71. The molecule has 0 radical (unpaired) electrons. The van der Waals surface area contributed by atoms with Crippen molar-refractivity contribution in [1.29, 1.82) is 5.26 Å². The fourth-order valence-corrected chi connectivity index (χ4v) is 0.980. The van der Waals surface area contributed by atoms with Gasteiger partial charge in [-0.3, -0.25) is 4.79 Å². The zero-order valence-corrected chi connectivity index (χ0v) is 8.97. The van der Waals surface area contributed by atoms with Gasteiger partial charge < -0.3 is 11.1 Å². The number of carbonyl (C=O) groups excluding carboxylic acids is 1. The first-order valence-electron chi connectivity index (χ1n) is 4.96. The molecule has 0 aliphatic carbocycles. The highest BCUT2D eigenvalue weighted by Crippen LogP contribution is 2.18. The van der Waals surface area contributed by atoms with Gasteiger partial charge in [-0.05, 0) is 19.8 Å². The van der Waals surface area contributed by atoms with Crippen LogP contribution in [0.15, 0.2) is 0 Å². The number of rotatable bonds is 6. The van der Waals surface area contributed by atoms with Crippen LogP contribution in [-0.4, -0.2) is 19.0 Å². The van der Waals surface area contributed by atoms with Crippen molar-refractivity contribution in [3.63, 3.8) is 0 Å². The van der Waals surface area contributed by atoms with Crippen molar-refractivity contribution in [3.8, 4) is 6.07 Å². The van der Waals surface area contributed by atoms with Crippen LogP contribution in [0.1, 0.15) is 33.1 Å². The van der Waals surface area contributed by atoms with Gasteiger partial charge in [-0.2, -0.15) is 5.26 Å². The lowest BCUT2D eigenvalue weighted by molar-refractivity contribution is -0.129. The molecule has 0 aromatic heterocycles. The molecule has 0 aromatic carbocycles. The second kappa shape index (κ2) is 6.39. The first kappa shape index (κ1) is 12.9. The van der Waals surface area contributed by atoms with E-state index in [-0.39, 0.29) is 5.91 Å². The highest BCUT2D eigenvalue weighted by Gasteiger charge is 2.28. The molecule has 14 heavy (non-hydrogen) atoms. The minimum absolute atomic E-state index is 0.0135. The van der Waals surface area contributed by atoms with Crippen molar-refractivity contribution in [2.24, 2.45) is 11.1 Å². The van der Waals surface area contributed by atoms with Crippen LogP contribution in [0.25, 0.3) is 0 Å². The number of hydrogen-bond acceptors (Lipinski definition) is 3. The van der Waals surface area contributed by atoms with E-state index in [1.807, 2.05) is 19.9 Å². The van der Waals surface area contributed by atoms with E-state index in [1.54, 1.807) is 0 Å². The molecule has 0 rings (SSSR count). The van der Waals surface area contributed by atoms with Gasteiger partial charge in [0.25, 0.3) is 0 Å². The largest absolute Gasteiger partial charge is 0.356 e. The fraction of sp³-hybridized carbons (Fsp3) is 0.800. The van der Waals surface area contributed by atoms with E-state index < -0.39 is 5.41 Å². The normalized spacial score (nSPS) is 14.1. The molecule has 3 N–H and O–H groups in total. The Labute approximate surface area is 85.5 Å². The molecule has 0 aliphatic heterocycles. The molecular weight excluding hydrogens is 178 g/mol. The zero-order valence-electron chi connectivity index (χ0n) is 8.97. The molecule has 0 fully saturated rings. The van der Waals surface area contributed by atoms with Crippen molar-refractivity contribution in [2.45, 2.75) is 33.1 Å². The lowest BCUT2D eigenvalue weighted by Crippen LogP contribution is -2.43. The summed E-state index contributed by atoms with van der Waals surface area (Å²) in [5.74, 6) is -0.0135. The molecule has 1 unspecified atom stereocenters. The molecule has 0 spiro atoms. The van der Waals surface area contributed by atoms with Gasteiger partial charge in [-0.15, -0.1) is 0 Å². The molecule has 1 atom stereocenters. The first-order chi connectivity index (χ1) is 6.60. The van der Waals surface area contributed by atoms with Crippen molar-refractivity contribution in [1.82, 2.24) is 5.32 Å². The molecule has 0 bridgehead atoms. The summed E-state index contributed by atoms with van der Waals surface area (Å²) in [4.78, 5) is 11.6. The molecule has 0 heterocycles. The number of amides is 1. The van der Waals surface area contributed by atoms with Gasteiger partial charge in [0.05, 0.1) is 11.5 Å². The number of hydrogen-bond donors (Lipinski definition) is 2. The first-order valence-corrected chi connectivity index (χ1v) is 4.96. The Morgan fingerprint density at radius 3 is 2.71 bits per heavy atom. The third kappa shape index (κ3) is 3.75. The smallest absolute Gasteiger partial charge is 0.227 e. The lowest BCUT2D eigenvalue weighted by atomic mass is 9.86. The van der Waals surface area contributed by atoms with Gasteiger partial charge in [-0.25, -0.2) is 0 Å². The summed E-state index contributed by atoms with van der Waals surface area (Å²) in [6.07, 6.45) is 1.91. The maximum Gasteiger partial charge on any atom is 0.227 e. The van der Waals surface area contributed by atoms with Gasteiger partial charge in [-0.1, -0.05) is 6.92 Å². The Balaban J connectivity index is 3.89. The number of unbranched alkanes of at least 4 members (excludes halogenated alkanes) is 1. The number of nitrogens with zero attached hydrogens (tertiary/aromatic N) is 1. The quantitative estimate of drug-likeness (QED) is 0.618. The van der Waals surface area contributed by atoms with Crippen LogP contribution >= 0.6 is 0 Å². The number of nitrogens with two attached hydrogens (primary N) is 1. The van der Waals surface area contributed by atoms with Gasteiger partial charge in [0.1, 0.15) is 0 Å².